The number of aromatic amines is 1. The van der Waals surface area contributed by atoms with Crippen molar-refractivity contribution in [2.75, 3.05) is 12.4 Å². The number of H-pyrrole nitrogens is 1. The Balaban J connectivity index is 1.68. The second-order valence-electron chi connectivity index (χ2n) is 5.51. The summed E-state index contributed by atoms with van der Waals surface area (Å²) in [7, 11) is 0. The Labute approximate surface area is 127 Å². The molecule has 1 saturated carbocycles. The van der Waals surface area contributed by atoms with E-state index in [2.05, 4.69) is 9.97 Å². The zero-order chi connectivity index (χ0) is 14.9. The van der Waals surface area contributed by atoms with E-state index in [-0.39, 0.29) is 11.8 Å². The second-order valence-corrected chi connectivity index (χ2v) is 6.48. The molecule has 0 amide bonds. The van der Waals surface area contributed by atoms with Gasteiger partial charge in [0.25, 0.3) is 0 Å². The van der Waals surface area contributed by atoms with Crippen LogP contribution in [0.3, 0.4) is 0 Å². The standard InChI is InChI=1S/C15H18N2O3S/c1-2-20-10-3-4-11-12(7-10)17-14(16-11)21-9-15(5-6-15)8-13(18)19/h3-4,7H,2,5-6,8-9H2,1H3,(H,16,17)(H,18,19). The molecule has 0 bridgehead atoms. The number of rotatable bonds is 7. The summed E-state index contributed by atoms with van der Waals surface area (Å²) >= 11 is 1.61. The monoisotopic (exact) mass is 306 g/mol. The molecule has 2 aromatic rings. The molecule has 0 saturated heterocycles. The van der Waals surface area contributed by atoms with Crippen molar-refractivity contribution in [3.05, 3.63) is 18.2 Å². The van der Waals surface area contributed by atoms with Gasteiger partial charge in [-0.25, -0.2) is 4.98 Å². The first-order chi connectivity index (χ1) is 10.1. The lowest BCUT2D eigenvalue weighted by Gasteiger charge is -2.09. The molecule has 2 N–H and O–H groups in total. The minimum Gasteiger partial charge on any atom is -0.494 e. The minimum atomic E-state index is -0.709. The first kappa shape index (κ1) is 14.3. The van der Waals surface area contributed by atoms with E-state index in [4.69, 9.17) is 9.84 Å². The quantitative estimate of drug-likeness (QED) is 0.768. The number of hydrogen-bond acceptors (Lipinski definition) is 4. The molecule has 1 aromatic carbocycles. The third kappa shape index (κ3) is 3.32. The summed E-state index contributed by atoms with van der Waals surface area (Å²) in [6, 6.07) is 5.79. The molecular formula is C15H18N2O3S. The molecular weight excluding hydrogens is 288 g/mol. The highest BCUT2D eigenvalue weighted by Gasteiger charge is 2.44. The lowest BCUT2D eigenvalue weighted by Crippen LogP contribution is -2.11. The van der Waals surface area contributed by atoms with Crippen molar-refractivity contribution >= 4 is 28.8 Å². The summed E-state index contributed by atoms with van der Waals surface area (Å²) in [5.41, 5.74) is 1.84. The van der Waals surface area contributed by atoms with Crippen LogP contribution in [0.5, 0.6) is 5.75 Å². The summed E-state index contributed by atoms with van der Waals surface area (Å²) in [6.45, 7) is 2.59. The topological polar surface area (TPSA) is 75.2 Å². The van der Waals surface area contributed by atoms with Crippen molar-refractivity contribution in [2.45, 2.75) is 31.3 Å². The Morgan fingerprint density at radius 2 is 2.33 bits per heavy atom. The summed E-state index contributed by atoms with van der Waals surface area (Å²) in [5.74, 6) is 0.922. The summed E-state index contributed by atoms with van der Waals surface area (Å²) in [5, 5.41) is 9.78. The maximum atomic E-state index is 10.9. The van der Waals surface area contributed by atoms with Gasteiger partial charge in [0.05, 0.1) is 24.1 Å². The molecule has 0 spiro atoms. The molecule has 1 aliphatic carbocycles. The Kier molecular flexibility index (Phi) is 3.80. The summed E-state index contributed by atoms with van der Waals surface area (Å²) in [4.78, 5) is 18.7. The number of carbonyl (C=O) groups is 1. The number of fused-ring (bicyclic) bond motifs is 1. The predicted molar refractivity (Wildman–Crippen MR) is 81.9 cm³/mol. The number of ether oxygens (including phenoxy) is 1. The fraction of sp³-hybridized carbons (Fsp3) is 0.467. The van der Waals surface area contributed by atoms with Crippen LogP contribution in [0.25, 0.3) is 11.0 Å². The average Bonchev–Trinajstić information content (AvgIpc) is 3.06. The lowest BCUT2D eigenvalue weighted by atomic mass is 10.1. The fourth-order valence-electron chi connectivity index (χ4n) is 2.38. The van der Waals surface area contributed by atoms with Gasteiger partial charge in [-0.15, -0.1) is 0 Å². The first-order valence-electron chi connectivity index (χ1n) is 7.07. The van der Waals surface area contributed by atoms with Crippen LogP contribution >= 0.6 is 11.8 Å². The van der Waals surface area contributed by atoms with Crippen LogP contribution in [-0.4, -0.2) is 33.4 Å². The first-order valence-corrected chi connectivity index (χ1v) is 8.06. The molecule has 5 nitrogen and oxygen atoms in total. The van der Waals surface area contributed by atoms with Crippen molar-refractivity contribution in [2.24, 2.45) is 5.41 Å². The highest BCUT2D eigenvalue weighted by Crippen LogP contribution is 2.51. The maximum Gasteiger partial charge on any atom is 0.303 e. The van der Waals surface area contributed by atoms with Gasteiger partial charge in [-0.2, -0.15) is 0 Å². The number of carboxylic acids is 1. The number of nitrogens with one attached hydrogen (secondary N) is 1. The van der Waals surface area contributed by atoms with E-state index in [1.807, 2.05) is 25.1 Å². The van der Waals surface area contributed by atoms with Gasteiger partial charge in [-0.05, 0) is 37.3 Å². The third-order valence-corrected chi connectivity index (χ3v) is 4.96. The zero-order valence-corrected chi connectivity index (χ0v) is 12.7. The van der Waals surface area contributed by atoms with Gasteiger partial charge in [0.15, 0.2) is 5.16 Å². The molecule has 6 heteroatoms. The fourth-order valence-corrected chi connectivity index (χ4v) is 3.56. The molecule has 0 unspecified atom stereocenters. The molecule has 3 rings (SSSR count). The molecule has 1 fully saturated rings. The maximum absolute atomic E-state index is 10.9. The highest BCUT2D eigenvalue weighted by atomic mass is 32.2. The van der Waals surface area contributed by atoms with E-state index in [1.165, 1.54) is 0 Å². The van der Waals surface area contributed by atoms with Crippen molar-refractivity contribution in [1.29, 1.82) is 0 Å². The van der Waals surface area contributed by atoms with Crippen molar-refractivity contribution in [1.82, 2.24) is 9.97 Å². The van der Waals surface area contributed by atoms with Gasteiger partial charge in [0.1, 0.15) is 5.75 Å². The molecule has 21 heavy (non-hydrogen) atoms. The average molecular weight is 306 g/mol. The summed E-state index contributed by atoms with van der Waals surface area (Å²) in [6.07, 6.45) is 2.26. The van der Waals surface area contributed by atoms with Gasteiger partial charge in [-0.3, -0.25) is 4.79 Å². The number of aromatic nitrogens is 2. The third-order valence-electron chi connectivity index (χ3n) is 3.74. The van der Waals surface area contributed by atoms with Crippen LogP contribution in [0.1, 0.15) is 26.2 Å². The molecule has 0 atom stereocenters. The van der Waals surface area contributed by atoms with Gasteiger partial charge in [0.2, 0.25) is 0 Å². The normalized spacial score (nSPS) is 16.0. The van der Waals surface area contributed by atoms with Crippen LogP contribution in [0.2, 0.25) is 0 Å². The molecule has 0 aliphatic heterocycles. The number of aliphatic carboxylic acids is 1. The smallest absolute Gasteiger partial charge is 0.303 e. The van der Waals surface area contributed by atoms with E-state index in [9.17, 15) is 4.79 Å². The van der Waals surface area contributed by atoms with Crippen LogP contribution < -0.4 is 4.74 Å². The van der Waals surface area contributed by atoms with Crippen LogP contribution in [0.4, 0.5) is 0 Å². The van der Waals surface area contributed by atoms with Crippen molar-refractivity contribution in [3.8, 4) is 5.75 Å². The van der Waals surface area contributed by atoms with Gasteiger partial charge < -0.3 is 14.8 Å². The molecule has 1 heterocycles. The number of thioether (sulfide) groups is 1. The Morgan fingerprint density at radius 3 is 3.00 bits per heavy atom. The van der Waals surface area contributed by atoms with E-state index >= 15 is 0 Å². The van der Waals surface area contributed by atoms with Crippen LogP contribution in [-0.2, 0) is 4.79 Å². The minimum absolute atomic E-state index is 0.0219. The molecule has 112 valence electrons. The number of carboxylic acid groups (broad SMARTS) is 1. The van der Waals surface area contributed by atoms with Gasteiger partial charge in [-0.1, -0.05) is 11.8 Å². The number of hydrogen-bond donors (Lipinski definition) is 2. The van der Waals surface area contributed by atoms with E-state index < -0.39 is 5.97 Å². The van der Waals surface area contributed by atoms with E-state index in [0.29, 0.717) is 6.61 Å². The van der Waals surface area contributed by atoms with Crippen molar-refractivity contribution < 1.29 is 14.6 Å². The van der Waals surface area contributed by atoms with E-state index in [1.54, 1.807) is 11.8 Å². The van der Waals surface area contributed by atoms with Gasteiger partial charge >= 0.3 is 5.97 Å². The Hall–Kier alpha value is -1.69. The lowest BCUT2D eigenvalue weighted by molar-refractivity contribution is -0.138. The van der Waals surface area contributed by atoms with Crippen LogP contribution in [0, 0.1) is 5.41 Å². The second kappa shape index (κ2) is 5.60. The largest absolute Gasteiger partial charge is 0.494 e. The number of nitrogens with zero attached hydrogens (tertiary/aromatic N) is 1. The zero-order valence-electron chi connectivity index (χ0n) is 11.9. The number of benzene rings is 1. The van der Waals surface area contributed by atoms with E-state index in [0.717, 1.165) is 40.5 Å². The SMILES string of the molecule is CCOc1ccc2nc(SCC3(CC(=O)O)CC3)[nH]c2c1. The van der Waals surface area contributed by atoms with Gasteiger partial charge in [0, 0.05) is 11.8 Å². The van der Waals surface area contributed by atoms with Crippen molar-refractivity contribution in [3.63, 3.8) is 0 Å². The summed E-state index contributed by atoms with van der Waals surface area (Å²) < 4.78 is 5.47. The van der Waals surface area contributed by atoms with Crippen LogP contribution in [0.15, 0.2) is 23.4 Å². The highest BCUT2D eigenvalue weighted by molar-refractivity contribution is 7.99. The number of imidazole rings is 1. The Bertz CT molecular complexity index is 664. The Morgan fingerprint density at radius 1 is 1.52 bits per heavy atom. The molecule has 1 aliphatic rings. The molecule has 1 aromatic heterocycles. The molecule has 0 radical (unpaired) electrons. The predicted octanol–water partition coefficient (Wildman–Crippen LogP) is 3.31.